The fraction of sp³-hybridized carbons (Fsp3) is 0.533. The molecule has 21 heavy (non-hydrogen) atoms. The van der Waals surface area contributed by atoms with Crippen LogP contribution in [0.2, 0.25) is 5.02 Å². The number of carbonyl (C=O) groups excluding carboxylic acids is 1. The number of carbonyl (C=O) groups is 1. The van der Waals surface area contributed by atoms with Crippen molar-refractivity contribution in [3.63, 3.8) is 0 Å². The lowest BCUT2D eigenvalue weighted by Gasteiger charge is -2.21. The standard InChI is InChI=1S/C15H19ClN2O3/c16-13-10-12(18(20)21)7-8-14(13)17-15(19)9-6-11-4-2-1-3-5-11/h7-8,10-11H,1-6,9H2,(H,17,19). The number of amides is 1. The Kier molecular flexibility index (Phi) is 5.56. The highest BCUT2D eigenvalue weighted by molar-refractivity contribution is 6.33. The molecule has 1 aromatic rings. The van der Waals surface area contributed by atoms with Gasteiger partial charge in [-0.1, -0.05) is 43.7 Å². The van der Waals surface area contributed by atoms with Gasteiger partial charge in [0.1, 0.15) is 0 Å². The summed E-state index contributed by atoms with van der Waals surface area (Å²) in [6.07, 6.45) is 7.63. The molecule has 1 amide bonds. The maximum atomic E-state index is 11.9. The average Bonchev–Trinajstić information content (AvgIpc) is 2.48. The minimum absolute atomic E-state index is 0.0831. The predicted octanol–water partition coefficient (Wildman–Crippen LogP) is 4.55. The van der Waals surface area contributed by atoms with Gasteiger partial charge >= 0.3 is 0 Å². The van der Waals surface area contributed by atoms with Gasteiger partial charge in [0.15, 0.2) is 0 Å². The van der Waals surface area contributed by atoms with Crippen LogP contribution in [0.3, 0.4) is 0 Å². The summed E-state index contributed by atoms with van der Waals surface area (Å²) in [5.41, 5.74) is 0.344. The van der Waals surface area contributed by atoms with E-state index in [9.17, 15) is 14.9 Å². The van der Waals surface area contributed by atoms with Crippen molar-refractivity contribution in [3.8, 4) is 0 Å². The number of hydrogen-bond donors (Lipinski definition) is 1. The van der Waals surface area contributed by atoms with Crippen LogP contribution in [0.15, 0.2) is 18.2 Å². The van der Waals surface area contributed by atoms with Crippen LogP contribution in [0.25, 0.3) is 0 Å². The molecular weight excluding hydrogens is 292 g/mol. The zero-order valence-corrected chi connectivity index (χ0v) is 12.6. The first-order valence-corrected chi connectivity index (χ1v) is 7.68. The van der Waals surface area contributed by atoms with Crippen molar-refractivity contribution >= 4 is 28.9 Å². The molecule has 0 bridgehead atoms. The van der Waals surface area contributed by atoms with E-state index in [1.165, 1.54) is 50.3 Å². The monoisotopic (exact) mass is 310 g/mol. The van der Waals surface area contributed by atoms with Crippen molar-refractivity contribution in [1.29, 1.82) is 0 Å². The summed E-state index contributed by atoms with van der Waals surface area (Å²) in [5, 5.41) is 13.5. The molecule has 0 atom stereocenters. The lowest BCUT2D eigenvalue weighted by Crippen LogP contribution is -2.15. The van der Waals surface area contributed by atoms with Crippen molar-refractivity contribution in [3.05, 3.63) is 33.3 Å². The molecule has 1 saturated carbocycles. The number of nitrogens with one attached hydrogen (secondary N) is 1. The minimum Gasteiger partial charge on any atom is -0.325 e. The van der Waals surface area contributed by atoms with Gasteiger partial charge < -0.3 is 5.32 Å². The summed E-state index contributed by atoms with van der Waals surface area (Å²) in [6.45, 7) is 0. The van der Waals surface area contributed by atoms with E-state index in [1.54, 1.807) is 0 Å². The van der Waals surface area contributed by atoms with E-state index < -0.39 is 4.92 Å². The Bertz CT molecular complexity index is 528. The largest absolute Gasteiger partial charge is 0.325 e. The van der Waals surface area contributed by atoms with E-state index >= 15 is 0 Å². The van der Waals surface area contributed by atoms with Crippen LogP contribution in [0, 0.1) is 16.0 Å². The van der Waals surface area contributed by atoms with Gasteiger partial charge in [0.05, 0.1) is 15.6 Å². The second-order valence-corrected chi connectivity index (χ2v) is 5.92. The van der Waals surface area contributed by atoms with E-state index in [1.807, 2.05) is 0 Å². The summed E-state index contributed by atoms with van der Waals surface area (Å²) in [5.74, 6) is 0.563. The molecule has 1 aliphatic rings. The quantitative estimate of drug-likeness (QED) is 0.640. The van der Waals surface area contributed by atoms with Gasteiger partial charge in [-0.05, 0) is 18.4 Å². The first kappa shape index (κ1) is 15.8. The molecule has 2 rings (SSSR count). The van der Waals surface area contributed by atoms with Crippen molar-refractivity contribution in [2.75, 3.05) is 5.32 Å². The molecule has 1 aromatic carbocycles. The van der Waals surface area contributed by atoms with Crippen molar-refractivity contribution in [2.24, 2.45) is 5.92 Å². The lowest BCUT2D eigenvalue weighted by atomic mass is 9.86. The molecule has 0 aliphatic heterocycles. The third-order valence-corrected chi connectivity index (χ3v) is 4.25. The summed E-state index contributed by atoms with van der Waals surface area (Å²) in [4.78, 5) is 22.0. The molecule has 1 N–H and O–H groups in total. The van der Waals surface area contributed by atoms with Crippen LogP contribution in [0.4, 0.5) is 11.4 Å². The SMILES string of the molecule is O=C(CCC1CCCCC1)Nc1ccc([N+](=O)[O-])cc1Cl. The number of non-ortho nitro benzene ring substituents is 1. The second-order valence-electron chi connectivity index (χ2n) is 5.51. The van der Waals surface area contributed by atoms with Gasteiger partial charge in [-0.3, -0.25) is 14.9 Å². The number of halogens is 1. The highest BCUT2D eigenvalue weighted by Gasteiger charge is 2.16. The maximum absolute atomic E-state index is 11.9. The van der Waals surface area contributed by atoms with Crippen LogP contribution in [0.5, 0.6) is 0 Å². The van der Waals surface area contributed by atoms with Crippen LogP contribution in [0.1, 0.15) is 44.9 Å². The third kappa shape index (κ3) is 4.70. The fourth-order valence-electron chi connectivity index (χ4n) is 2.74. The normalized spacial score (nSPS) is 15.7. The van der Waals surface area contributed by atoms with Gasteiger partial charge in [0, 0.05) is 18.6 Å². The van der Waals surface area contributed by atoms with Crippen molar-refractivity contribution in [2.45, 2.75) is 44.9 Å². The number of nitro groups is 1. The molecule has 0 heterocycles. The smallest absolute Gasteiger partial charge is 0.271 e. The number of nitrogens with zero attached hydrogens (tertiary/aromatic N) is 1. The molecular formula is C15H19ClN2O3. The zero-order chi connectivity index (χ0) is 15.2. The molecule has 0 aromatic heterocycles. The highest BCUT2D eigenvalue weighted by atomic mass is 35.5. The third-order valence-electron chi connectivity index (χ3n) is 3.94. The van der Waals surface area contributed by atoms with Crippen molar-refractivity contribution in [1.82, 2.24) is 0 Å². The number of benzene rings is 1. The molecule has 1 aliphatic carbocycles. The summed E-state index contributed by atoms with van der Waals surface area (Å²) >= 11 is 5.95. The maximum Gasteiger partial charge on any atom is 0.271 e. The Morgan fingerprint density at radius 1 is 1.33 bits per heavy atom. The van der Waals surface area contributed by atoms with Crippen molar-refractivity contribution < 1.29 is 9.72 Å². The number of nitro benzene ring substituents is 1. The molecule has 114 valence electrons. The van der Waals surface area contributed by atoms with E-state index in [0.29, 0.717) is 18.0 Å². The Balaban J connectivity index is 1.85. The van der Waals surface area contributed by atoms with Crippen LogP contribution in [-0.2, 0) is 4.79 Å². The van der Waals surface area contributed by atoms with Gasteiger partial charge in [-0.25, -0.2) is 0 Å². The lowest BCUT2D eigenvalue weighted by molar-refractivity contribution is -0.384. The topological polar surface area (TPSA) is 72.2 Å². The van der Waals surface area contributed by atoms with Gasteiger partial charge in [0.2, 0.25) is 5.91 Å². The van der Waals surface area contributed by atoms with Gasteiger partial charge in [-0.15, -0.1) is 0 Å². The molecule has 5 nitrogen and oxygen atoms in total. The molecule has 0 spiro atoms. The minimum atomic E-state index is -0.513. The Morgan fingerprint density at radius 2 is 2.05 bits per heavy atom. The fourth-order valence-corrected chi connectivity index (χ4v) is 2.96. The van der Waals surface area contributed by atoms with E-state index in [2.05, 4.69) is 5.32 Å². The molecule has 1 fully saturated rings. The van der Waals surface area contributed by atoms with Gasteiger partial charge in [-0.2, -0.15) is 0 Å². The highest BCUT2D eigenvalue weighted by Crippen LogP contribution is 2.29. The van der Waals surface area contributed by atoms with Crippen LogP contribution in [-0.4, -0.2) is 10.8 Å². The first-order chi connectivity index (χ1) is 10.1. The zero-order valence-electron chi connectivity index (χ0n) is 11.8. The number of hydrogen-bond acceptors (Lipinski definition) is 3. The van der Waals surface area contributed by atoms with Gasteiger partial charge in [0.25, 0.3) is 5.69 Å². The molecule has 0 radical (unpaired) electrons. The Morgan fingerprint density at radius 3 is 2.67 bits per heavy atom. The molecule has 0 unspecified atom stereocenters. The molecule has 0 saturated heterocycles. The van der Waals surface area contributed by atoms with E-state index in [0.717, 1.165) is 6.42 Å². The average molecular weight is 311 g/mol. The predicted molar refractivity (Wildman–Crippen MR) is 82.5 cm³/mol. The number of rotatable bonds is 5. The first-order valence-electron chi connectivity index (χ1n) is 7.30. The van der Waals surface area contributed by atoms with Crippen LogP contribution >= 0.6 is 11.6 Å². The molecule has 6 heteroatoms. The van der Waals surface area contributed by atoms with E-state index in [-0.39, 0.29) is 16.6 Å². The summed E-state index contributed by atoms with van der Waals surface area (Å²) < 4.78 is 0. The summed E-state index contributed by atoms with van der Waals surface area (Å²) in [6, 6.07) is 4.06. The summed E-state index contributed by atoms with van der Waals surface area (Å²) in [7, 11) is 0. The second kappa shape index (κ2) is 7.41. The Hall–Kier alpha value is -1.62. The Labute approximate surface area is 128 Å². The number of anilines is 1. The van der Waals surface area contributed by atoms with E-state index in [4.69, 9.17) is 11.6 Å². The van der Waals surface area contributed by atoms with Crippen LogP contribution < -0.4 is 5.32 Å².